The van der Waals surface area contributed by atoms with E-state index in [1.165, 1.54) is 22.1 Å². The first-order chi connectivity index (χ1) is 34.4. The number of hydrogen-bond acceptors (Lipinski definition) is 6. The Kier molecular flexibility index (Phi) is 38.5. The van der Waals surface area contributed by atoms with E-state index < -0.39 is 5.97 Å². The number of carboxylic acids is 1. The fourth-order valence-corrected chi connectivity index (χ4v) is 6.60. The Labute approximate surface area is 427 Å². The molecule has 0 aliphatic heterocycles. The van der Waals surface area contributed by atoms with E-state index in [-0.39, 0.29) is 25.4 Å². The first-order valence-electron chi connectivity index (χ1n) is 25.0. The number of aromatic carboxylic acids is 1. The molecule has 0 atom stereocenters. The van der Waals surface area contributed by atoms with Crippen LogP contribution in [0.4, 0.5) is 0 Å². The number of ketones is 2. The van der Waals surface area contributed by atoms with E-state index in [2.05, 4.69) is 52.4 Å². The second kappa shape index (κ2) is 41.6. The second-order valence-corrected chi connectivity index (χ2v) is 13.6. The van der Waals surface area contributed by atoms with Crippen molar-refractivity contribution in [2.45, 2.75) is 123 Å². The number of rotatable bonds is 8. The van der Waals surface area contributed by atoms with E-state index in [9.17, 15) is 24.3 Å². The Balaban J connectivity index is 0. The van der Waals surface area contributed by atoms with E-state index in [0.717, 1.165) is 41.3 Å². The molecule has 0 unspecified atom stereocenters. The normalized spacial score (nSPS) is 9.69. The quantitative estimate of drug-likeness (QED) is 0.119. The van der Waals surface area contributed by atoms with Gasteiger partial charge in [0.05, 0.1) is 16.6 Å². The molecule has 1 N–H and O–H groups in total. The number of Topliss-reactive ketones (excluding diaryl/α,β-unsaturated/α-hetero) is 2. The lowest BCUT2D eigenvalue weighted by Crippen LogP contribution is -2.05. The molecule has 2 heterocycles. The van der Waals surface area contributed by atoms with Crippen molar-refractivity contribution in [2.24, 2.45) is 0 Å². The van der Waals surface area contributed by atoms with Crippen molar-refractivity contribution in [1.29, 1.82) is 0 Å². The number of carbonyl (C=O) groups is 4. The molecule has 1 aliphatic carbocycles. The summed E-state index contributed by atoms with van der Waals surface area (Å²) in [6.45, 7) is 24.0. The zero-order chi connectivity index (χ0) is 52.5. The maximum Gasteiger partial charge on any atom is 0.336 e. The van der Waals surface area contributed by atoms with Crippen molar-refractivity contribution >= 4 is 45.6 Å². The number of benzene rings is 6. The summed E-state index contributed by atoms with van der Waals surface area (Å²) in [7, 11) is 0. The molecule has 7 nitrogen and oxygen atoms in total. The molecule has 2 aromatic heterocycles. The Morgan fingerprint density at radius 3 is 1.51 bits per heavy atom. The number of aromatic nitrogens is 2. The van der Waals surface area contributed by atoms with Crippen molar-refractivity contribution in [1.82, 2.24) is 9.97 Å². The summed E-state index contributed by atoms with van der Waals surface area (Å²) in [4.78, 5) is 52.3. The number of carbonyl (C=O) groups excluding carboxylic acids is 3. The lowest BCUT2D eigenvalue weighted by Gasteiger charge is -2.09. The minimum Gasteiger partial charge on any atom is -0.478 e. The van der Waals surface area contributed by atoms with E-state index in [1.54, 1.807) is 24.4 Å². The summed E-state index contributed by atoms with van der Waals surface area (Å²) in [6.07, 6.45) is 7.88. The lowest BCUT2D eigenvalue weighted by atomic mass is 9.98. The monoisotopic (exact) mass is 959 g/mol. The number of nitrogens with zero attached hydrogens (tertiary/aromatic N) is 2. The van der Waals surface area contributed by atoms with Gasteiger partial charge in [-0.15, -0.1) is 0 Å². The summed E-state index contributed by atoms with van der Waals surface area (Å²) in [5.74, 6) is -1.53. The molecule has 0 saturated carbocycles. The van der Waals surface area contributed by atoms with Crippen molar-refractivity contribution in [3.63, 3.8) is 0 Å². The highest BCUT2D eigenvalue weighted by Gasteiger charge is 2.27. The second-order valence-electron chi connectivity index (χ2n) is 13.6. The minimum absolute atomic E-state index is 0. The van der Waals surface area contributed by atoms with Crippen LogP contribution in [0.15, 0.2) is 182 Å². The molecule has 7 heteroatoms. The highest BCUT2D eigenvalue weighted by Crippen LogP contribution is 2.23. The third kappa shape index (κ3) is 23.2. The van der Waals surface area contributed by atoms with E-state index in [1.807, 2.05) is 198 Å². The van der Waals surface area contributed by atoms with Gasteiger partial charge >= 0.3 is 5.97 Å². The van der Waals surface area contributed by atoms with Crippen LogP contribution < -0.4 is 0 Å². The van der Waals surface area contributed by atoms with E-state index in [0.29, 0.717) is 34.9 Å². The first-order valence-corrected chi connectivity index (χ1v) is 25.0. The summed E-state index contributed by atoms with van der Waals surface area (Å²) >= 11 is 0. The van der Waals surface area contributed by atoms with Crippen LogP contribution in [-0.2, 0) is 35.3 Å². The number of pyridine rings is 2. The van der Waals surface area contributed by atoms with Crippen molar-refractivity contribution in [2.75, 3.05) is 0 Å². The molecule has 9 rings (SSSR count). The summed E-state index contributed by atoms with van der Waals surface area (Å²) in [6, 6.07) is 55.2. The van der Waals surface area contributed by atoms with Gasteiger partial charge in [0.15, 0.2) is 0 Å². The number of aryl methyl sites for hydroxylation is 1. The number of fused-ring (bicyclic) bond motifs is 3. The van der Waals surface area contributed by atoms with E-state index in [4.69, 9.17) is 0 Å². The Hall–Kier alpha value is -7.38. The first kappa shape index (κ1) is 65.7. The number of hydrogen-bond donors (Lipinski definition) is 1. The SMILES string of the molecule is C.CC.CC.CC.CC.CC.CC.O=C(O)c1c(Cc2ccccc2)cnc2ccccc12.O=C1Cc2ccccc2C1=O.O=CCCc1ccccc1.c1ccc(Cc2cnc3ccccc3c2)cc1. The highest BCUT2D eigenvalue weighted by atomic mass is 16.4. The lowest BCUT2D eigenvalue weighted by molar-refractivity contribution is -0.114. The van der Waals surface area contributed by atoms with Gasteiger partial charge in [-0.1, -0.05) is 242 Å². The summed E-state index contributed by atoms with van der Waals surface area (Å²) < 4.78 is 0. The average molecular weight is 959 g/mol. The summed E-state index contributed by atoms with van der Waals surface area (Å²) in [5, 5.41) is 11.4. The predicted octanol–water partition coefficient (Wildman–Crippen LogP) is 17.0. The molecule has 0 bridgehead atoms. The molecule has 378 valence electrons. The average Bonchev–Trinajstić information content (AvgIpc) is 3.74. The van der Waals surface area contributed by atoms with Crippen LogP contribution in [0.25, 0.3) is 21.8 Å². The molecule has 6 aromatic carbocycles. The molecule has 0 radical (unpaired) electrons. The molecule has 71 heavy (non-hydrogen) atoms. The molecule has 0 spiro atoms. The number of carboxylic acid groups (broad SMARTS) is 1. The van der Waals surface area contributed by atoms with Crippen LogP contribution >= 0.6 is 0 Å². The molecule has 0 fully saturated rings. The van der Waals surface area contributed by atoms with Crippen LogP contribution in [-0.4, -0.2) is 38.9 Å². The Morgan fingerprint density at radius 2 is 0.972 bits per heavy atom. The Morgan fingerprint density at radius 1 is 0.521 bits per heavy atom. The molecular formula is C64H82N2O5. The van der Waals surface area contributed by atoms with E-state index >= 15 is 0 Å². The maximum absolute atomic E-state index is 11.6. The van der Waals surface area contributed by atoms with Gasteiger partial charge in [0.1, 0.15) is 6.29 Å². The largest absolute Gasteiger partial charge is 0.478 e. The number of aldehydes is 1. The highest BCUT2D eigenvalue weighted by molar-refractivity contribution is 6.47. The van der Waals surface area contributed by atoms with Gasteiger partial charge in [0.25, 0.3) is 0 Å². The fraction of sp³-hybridized carbons (Fsp3) is 0.281. The van der Waals surface area contributed by atoms with Gasteiger partial charge in [-0.2, -0.15) is 0 Å². The van der Waals surface area contributed by atoms with Crippen LogP contribution in [0.2, 0.25) is 0 Å². The van der Waals surface area contributed by atoms with Crippen LogP contribution in [0.3, 0.4) is 0 Å². The molecular weight excluding hydrogens is 877 g/mol. The van der Waals surface area contributed by atoms with Gasteiger partial charge in [0.2, 0.25) is 11.6 Å². The smallest absolute Gasteiger partial charge is 0.336 e. The van der Waals surface area contributed by atoms with Crippen LogP contribution in [0.1, 0.15) is 151 Å². The predicted molar refractivity (Wildman–Crippen MR) is 304 cm³/mol. The van der Waals surface area contributed by atoms with Gasteiger partial charge < -0.3 is 9.90 Å². The van der Waals surface area contributed by atoms with Crippen molar-refractivity contribution < 1.29 is 24.3 Å². The standard InChI is InChI=1S/C17H13NO2.C16H13N.C9H6O2.C9H10O.6C2H6.CH4/c19-17(20)16-13(10-12-6-2-1-3-7-12)11-18-15-9-5-4-8-14(15)16;1-2-6-13(7-3-1)10-14-11-15-8-4-5-9-16(15)17-12-14;10-8-5-6-3-1-2-4-7(6)9(8)11;10-8-4-7-9-5-2-1-3-6-9;6*1-2;/h1-9,11H,10H2,(H,19,20);1-9,11-12H,10H2;1-4H,5H2;1-3,5-6,8H,4,7H2;6*1-2H3;1H4. The maximum atomic E-state index is 11.6. The zero-order valence-corrected chi connectivity index (χ0v) is 43.9. The topological polar surface area (TPSA) is 114 Å². The van der Waals surface area contributed by atoms with Gasteiger partial charge in [-0.25, -0.2) is 4.79 Å². The molecule has 0 amide bonds. The summed E-state index contributed by atoms with van der Waals surface area (Å²) in [5.41, 5.74) is 9.19. The Bertz CT molecular complexity index is 2630. The van der Waals surface area contributed by atoms with Gasteiger partial charge in [-0.05, 0) is 70.8 Å². The zero-order valence-electron chi connectivity index (χ0n) is 43.9. The number of para-hydroxylation sites is 2. The van der Waals surface area contributed by atoms with Gasteiger partial charge in [0, 0.05) is 41.6 Å². The molecule has 1 aliphatic rings. The minimum atomic E-state index is -0.908. The third-order valence-electron chi connectivity index (χ3n) is 9.46. The third-order valence-corrected chi connectivity index (χ3v) is 9.46. The molecule has 0 saturated heterocycles. The van der Waals surface area contributed by atoms with Crippen molar-refractivity contribution in [3.05, 3.63) is 227 Å². The molecule has 8 aromatic rings. The fourth-order valence-electron chi connectivity index (χ4n) is 6.60. The van der Waals surface area contributed by atoms with Gasteiger partial charge in [-0.3, -0.25) is 19.6 Å². The van der Waals surface area contributed by atoms with Crippen LogP contribution in [0.5, 0.6) is 0 Å². The van der Waals surface area contributed by atoms with Crippen LogP contribution in [0, 0.1) is 0 Å². The van der Waals surface area contributed by atoms with Crippen molar-refractivity contribution in [3.8, 4) is 0 Å².